The van der Waals surface area contributed by atoms with Gasteiger partial charge in [-0.25, -0.2) is 0 Å². The Bertz CT molecular complexity index is 455. The van der Waals surface area contributed by atoms with E-state index in [0.29, 0.717) is 0 Å². The van der Waals surface area contributed by atoms with E-state index in [0.717, 1.165) is 17.6 Å². The number of rotatable bonds is 3. The molecule has 2 aliphatic rings. The van der Waals surface area contributed by atoms with Crippen molar-refractivity contribution >= 4 is 5.69 Å². The normalized spacial score (nSPS) is 20.9. The molecular formula is C19H26N2. The van der Waals surface area contributed by atoms with Crippen molar-refractivity contribution in [1.29, 1.82) is 5.26 Å². The summed E-state index contributed by atoms with van der Waals surface area (Å²) in [5, 5.41) is 9.00. The summed E-state index contributed by atoms with van der Waals surface area (Å²) >= 11 is 0. The molecule has 0 radical (unpaired) electrons. The number of nitriles is 1. The van der Waals surface area contributed by atoms with Gasteiger partial charge in [-0.2, -0.15) is 5.26 Å². The zero-order chi connectivity index (χ0) is 14.5. The first kappa shape index (κ1) is 14.4. The highest BCUT2D eigenvalue weighted by atomic mass is 15.2. The maximum absolute atomic E-state index is 9.00. The Labute approximate surface area is 128 Å². The fraction of sp³-hybridized carbons (Fsp3) is 0.632. The summed E-state index contributed by atoms with van der Waals surface area (Å²) in [4.78, 5) is 2.72. The van der Waals surface area contributed by atoms with E-state index in [1.54, 1.807) is 0 Å². The third kappa shape index (κ3) is 3.40. The smallest absolute Gasteiger partial charge is 0.0991 e. The van der Waals surface area contributed by atoms with Gasteiger partial charge in [0.15, 0.2) is 0 Å². The van der Waals surface area contributed by atoms with Gasteiger partial charge in [0, 0.05) is 17.8 Å². The van der Waals surface area contributed by atoms with Crippen LogP contribution in [0.5, 0.6) is 0 Å². The van der Waals surface area contributed by atoms with Crippen LogP contribution in [0.3, 0.4) is 0 Å². The SMILES string of the molecule is N#Cc1ccc(N(C2CCCCC2)C2CCCCC2)cc1. The van der Waals surface area contributed by atoms with Crippen molar-refractivity contribution in [2.24, 2.45) is 0 Å². The number of nitrogens with zero attached hydrogens (tertiary/aromatic N) is 2. The van der Waals surface area contributed by atoms with Gasteiger partial charge in [0.2, 0.25) is 0 Å². The van der Waals surface area contributed by atoms with Crippen molar-refractivity contribution in [1.82, 2.24) is 0 Å². The summed E-state index contributed by atoms with van der Waals surface area (Å²) in [6.07, 6.45) is 13.7. The van der Waals surface area contributed by atoms with E-state index in [1.807, 2.05) is 12.1 Å². The lowest BCUT2D eigenvalue weighted by atomic mass is 9.88. The molecular weight excluding hydrogens is 256 g/mol. The first-order valence-electron chi connectivity index (χ1n) is 8.67. The topological polar surface area (TPSA) is 27.0 Å². The van der Waals surface area contributed by atoms with Crippen molar-refractivity contribution in [2.45, 2.75) is 76.3 Å². The van der Waals surface area contributed by atoms with E-state index in [1.165, 1.54) is 69.9 Å². The van der Waals surface area contributed by atoms with Crippen LogP contribution in [0.2, 0.25) is 0 Å². The van der Waals surface area contributed by atoms with Crippen molar-refractivity contribution in [3.05, 3.63) is 29.8 Å². The predicted molar refractivity (Wildman–Crippen MR) is 87.4 cm³/mol. The molecule has 0 bridgehead atoms. The minimum absolute atomic E-state index is 0.717. The molecule has 2 nitrogen and oxygen atoms in total. The summed E-state index contributed by atoms with van der Waals surface area (Å²) in [6, 6.07) is 12.0. The molecule has 2 fully saturated rings. The van der Waals surface area contributed by atoms with E-state index in [4.69, 9.17) is 5.26 Å². The lowest BCUT2D eigenvalue weighted by molar-refractivity contribution is 0.340. The lowest BCUT2D eigenvalue weighted by Gasteiger charge is -2.43. The molecule has 3 rings (SSSR count). The fourth-order valence-electron chi connectivity index (χ4n) is 4.15. The second kappa shape index (κ2) is 6.98. The lowest BCUT2D eigenvalue weighted by Crippen LogP contribution is -2.45. The Morgan fingerprint density at radius 3 is 1.67 bits per heavy atom. The summed E-state index contributed by atoms with van der Waals surface area (Å²) in [7, 11) is 0. The molecule has 0 aromatic heterocycles. The first-order valence-corrected chi connectivity index (χ1v) is 8.67. The molecule has 0 atom stereocenters. The minimum Gasteiger partial charge on any atom is -0.366 e. The Morgan fingerprint density at radius 1 is 0.762 bits per heavy atom. The van der Waals surface area contributed by atoms with Gasteiger partial charge in [0.05, 0.1) is 11.6 Å². The van der Waals surface area contributed by atoms with E-state index in [-0.39, 0.29) is 0 Å². The second-order valence-electron chi connectivity index (χ2n) is 6.65. The second-order valence-corrected chi connectivity index (χ2v) is 6.65. The standard InChI is InChI=1S/C19H26N2/c20-15-16-11-13-19(14-12-16)21(17-7-3-1-4-8-17)18-9-5-2-6-10-18/h11-14,17-18H,1-10H2. The summed E-state index contributed by atoms with van der Waals surface area (Å²) < 4.78 is 0. The Morgan fingerprint density at radius 2 is 1.24 bits per heavy atom. The summed E-state index contributed by atoms with van der Waals surface area (Å²) in [5.41, 5.74) is 2.11. The number of hydrogen-bond donors (Lipinski definition) is 0. The van der Waals surface area contributed by atoms with Crippen molar-refractivity contribution in [2.75, 3.05) is 4.90 Å². The molecule has 0 spiro atoms. The maximum Gasteiger partial charge on any atom is 0.0991 e. The molecule has 0 aliphatic heterocycles. The summed E-state index contributed by atoms with van der Waals surface area (Å²) in [5.74, 6) is 0. The van der Waals surface area contributed by atoms with Crippen LogP contribution in [0.4, 0.5) is 5.69 Å². The Balaban J connectivity index is 1.84. The van der Waals surface area contributed by atoms with Crippen LogP contribution in [0.1, 0.15) is 69.8 Å². The average Bonchev–Trinajstić information content (AvgIpc) is 2.58. The molecule has 0 saturated heterocycles. The molecule has 0 amide bonds. The van der Waals surface area contributed by atoms with E-state index >= 15 is 0 Å². The van der Waals surface area contributed by atoms with Gasteiger partial charge in [0.25, 0.3) is 0 Å². The Kier molecular flexibility index (Phi) is 4.80. The van der Waals surface area contributed by atoms with Gasteiger partial charge in [-0.15, -0.1) is 0 Å². The zero-order valence-electron chi connectivity index (χ0n) is 12.9. The van der Waals surface area contributed by atoms with Crippen LogP contribution >= 0.6 is 0 Å². The summed E-state index contributed by atoms with van der Waals surface area (Å²) in [6.45, 7) is 0. The molecule has 1 aromatic carbocycles. The molecule has 0 N–H and O–H groups in total. The van der Waals surface area contributed by atoms with Crippen LogP contribution in [0, 0.1) is 11.3 Å². The van der Waals surface area contributed by atoms with Crippen LogP contribution in [-0.2, 0) is 0 Å². The third-order valence-corrected chi connectivity index (χ3v) is 5.23. The maximum atomic E-state index is 9.00. The van der Waals surface area contributed by atoms with E-state index < -0.39 is 0 Å². The highest BCUT2D eigenvalue weighted by Crippen LogP contribution is 2.34. The fourth-order valence-corrected chi connectivity index (χ4v) is 4.15. The van der Waals surface area contributed by atoms with Crippen molar-refractivity contribution in [3.8, 4) is 6.07 Å². The zero-order valence-corrected chi connectivity index (χ0v) is 12.9. The molecule has 2 aliphatic carbocycles. The third-order valence-electron chi connectivity index (χ3n) is 5.23. The minimum atomic E-state index is 0.717. The number of hydrogen-bond acceptors (Lipinski definition) is 2. The molecule has 2 heteroatoms. The van der Waals surface area contributed by atoms with Gasteiger partial charge < -0.3 is 4.90 Å². The highest BCUT2D eigenvalue weighted by Gasteiger charge is 2.28. The van der Waals surface area contributed by atoms with Crippen LogP contribution in [-0.4, -0.2) is 12.1 Å². The Hall–Kier alpha value is -1.49. The molecule has 2 saturated carbocycles. The average molecular weight is 282 g/mol. The van der Waals surface area contributed by atoms with Gasteiger partial charge in [-0.3, -0.25) is 0 Å². The number of benzene rings is 1. The van der Waals surface area contributed by atoms with Gasteiger partial charge >= 0.3 is 0 Å². The van der Waals surface area contributed by atoms with Gasteiger partial charge in [-0.1, -0.05) is 38.5 Å². The van der Waals surface area contributed by atoms with Crippen LogP contribution in [0.25, 0.3) is 0 Å². The van der Waals surface area contributed by atoms with Gasteiger partial charge in [0.1, 0.15) is 0 Å². The first-order chi connectivity index (χ1) is 10.4. The predicted octanol–water partition coefficient (Wildman–Crippen LogP) is 5.03. The van der Waals surface area contributed by atoms with Crippen molar-refractivity contribution in [3.63, 3.8) is 0 Å². The molecule has 0 unspecified atom stereocenters. The van der Waals surface area contributed by atoms with Gasteiger partial charge in [-0.05, 0) is 49.9 Å². The van der Waals surface area contributed by atoms with Crippen LogP contribution in [0.15, 0.2) is 24.3 Å². The highest BCUT2D eigenvalue weighted by molar-refractivity contribution is 5.51. The van der Waals surface area contributed by atoms with E-state index in [2.05, 4.69) is 23.1 Å². The monoisotopic (exact) mass is 282 g/mol. The number of anilines is 1. The molecule has 21 heavy (non-hydrogen) atoms. The molecule has 0 heterocycles. The largest absolute Gasteiger partial charge is 0.366 e. The van der Waals surface area contributed by atoms with Crippen LogP contribution < -0.4 is 4.90 Å². The van der Waals surface area contributed by atoms with E-state index in [9.17, 15) is 0 Å². The van der Waals surface area contributed by atoms with Crippen molar-refractivity contribution < 1.29 is 0 Å². The molecule has 1 aromatic rings. The quantitative estimate of drug-likeness (QED) is 0.777. The molecule has 112 valence electrons.